The molecule has 0 saturated heterocycles. The van der Waals surface area contributed by atoms with Crippen LogP contribution in [0.4, 0.5) is 17.3 Å². The Morgan fingerprint density at radius 2 is 0.700 bits per heavy atom. The zero-order valence-corrected chi connectivity index (χ0v) is 40.0. The Balaban J connectivity index is 0.000000488. The normalized spacial score (nSPS) is 20.4. The molecule has 14 heteroatoms. The Bertz CT molecular complexity index is 1360. The van der Waals surface area contributed by atoms with Gasteiger partial charge in [0.05, 0.1) is 39.6 Å². The Morgan fingerprint density at radius 1 is 0.450 bits per heavy atom. The summed E-state index contributed by atoms with van der Waals surface area (Å²) in [6, 6.07) is 4.62. The first-order chi connectivity index (χ1) is 28.7. The molecule has 0 aromatic carbocycles. The molecule has 0 N–H and O–H groups in total. The number of pyridine rings is 2. The van der Waals surface area contributed by atoms with E-state index in [0.29, 0.717) is 23.5 Å². The number of hydrogen-bond donors (Lipinski definition) is 0. The van der Waals surface area contributed by atoms with E-state index in [2.05, 4.69) is 37.8 Å². The van der Waals surface area contributed by atoms with Gasteiger partial charge in [-0.25, -0.2) is 0 Å². The Hall–Kier alpha value is -1.23. The molecule has 5 saturated carbocycles. The average molecular weight is 967 g/mol. The molecule has 339 valence electrons. The van der Waals surface area contributed by atoms with Gasteiger partial charge in [0, 0.05) is 31.6 Å². The summed E-state index contributed by atoms with van der Waals surface area (Å²) in [5.41, 5.74) is 5.18. The predicted octanol–water partition coefficient (Wildman–Crippen LogP) is 13.4. The van der Waals surface area contributed by atoms with Crippen LogP contribution in [0.25, 0.3) is 11.1 Å². The third-order valence-corrected chi connectivity index (χ3v) is 19.7. The van der Waals surface area contributed by atoms with Crippen LogP contribution in [0.5, 0.6) is 23.5 Å². The first-order valence-electron chi connectivity index (χ1n) is 22.7. The predicted molar refractivity (Wildman–Crippen MR) is 240 cm³/mol. The molecule has 7 rings (SSSR count). The van der Waals surface area contributed by atoms with E-state index in [0.717, 1.165) is 33.8 Å². The van der Waals surface area contributed by atoms with Crippen molar-refractivity contribution in [2.45, 2.75) is 177 Å². The second-order valence-electron chi connectivity index (χ2n) is 16.7. The van der Waals surface area contributed by atoms with E-state index < -0.39 is 23.1 Å². The topological polar surface area (TPSA) is 62.7 Å². The van der Waals surface area contributed by atoms with Crippen LogP contribution in [0.3, 0.4) is 0 Å². The van der Waals surface area contributed by atoms with Crippen LogP contribution in [0.2, 0.25) is 0 Å². The standard InChI is InChI=1S/C38H58N2O4P2.C8H12.BF4.Rh/c1-41-33-25-31(45(27-17-9-5-10-18-27)28-19-11-6-12-20-28)35(37(39-33)43-3)36-32(26-34(42-2)40-38(36)44-4)46(29-21-13-7-14-22-29)30-23-15-8-16-24-30;1-2-4-6-8-7-5-3-1;2-1(3,4)5;/h25-30H,5-24H2,1-4H3;1-2,7-8H,3-6H2;;/q;;-1;. The van der Waals surface area contributed by atoms with E-state index in [1.807, 2.05) is 0 Å². The van der Waals surface area contributed by atoms with Crippen LogP contribution in [0.15, 0.2) is 12.1 Å². The fourth-order valence-corrected chi connectivity index (χ4v) is 17.9. The van der Waals surface area contributed by atoms with Crippen molar-refractivity contribution in [1.29, 1.82) is 0 Å². The molecule has 5 aliphatic carbocycles. The minimum atomic E-state index is -6.00. The van der Waals surface area contributed by atoms with E-state index in [4.69, 9.17) is 28.9 Å². The molecule has 6 nitrogen and oxygen atoms in total. The number of aromatic nitrogens is 2. The molecule has 0 spiro atoms. The number of ether oxygens (including phenoxy) is 4. The number of nitrogens with zero attached hydrogens (tertiary/aromatic N) is 2. The quantitative estimate of drug-likeness (QED) is 0.127. The van der Waals surface area contributed by atoms with Crippen LogP contribution in [-0.2, 0) is 19.5 Å². The Kier molecular flexibility index (Phi) is 23.3. The van der Waals surface area contributed by atoms with Crippen LogP contribution in [0, 0.1) is 25.7 Å². The van der Waals surface area contributed by atoms with E-state index in [1.54, 1.807) is 28.4 Å². The monoisotopic (exact) mass is 966 g/mol. The molecule has 2 aromatic rings. The summed E-state index contributed by atoms with van der Waals surface area (Å²) >= 11 is 0. The molecule has 0 unspecified atom stereocenters. The van der Waals surface area contributed by atoms with E-state index in [9.17, 15) is 17.3 Å². The van der Waals surface area contributed by atoms with Crippen LogP contribution in [0.1, 0.15) is 154 Å². The summed E-state index contributed by atoms with van der Waals surface area (Å²) in [5, 5.41) is 2.84. The van der Waals surface area contributed by atoms with Crippen LogP contribution in [-0.4, -0.2) is 68.3 Å². The van der Waals surface area contributed by atoms with E-state index >= 15 is 0 Å². The van der Waals surface area contributed by atoms with Gasteiger partial charge < -0.3 is 36.2 Å². The third-order valence-electron chi connectivity index (χ3n) is 12.7. The van der Waals surface area contributed by atoms with Gasteiger partial charge in [-0.15, -0.1) is 0 Å². The molecule has 0 bridgehead atoms. The number of methoxy groups -OCH3 is 4. The van der Waals surface area contributed by atoms with Crippen molar-refractivity contribution >= 4 is 33.7 Å². The van der Waals surface area contributed by atoms with Gasteiger partial charge >= 0.3 is 7.25 Å². The summed E-state index contributed by atoms with van der Waals surface area (Å²) in [4.78, 5) is 10.0. The van der Waals surface area contributed by atoms with Gasteiger partial charge in [0.2, 0.25) is 23.5 Å². The number of rotatable bonds is 11. The average Bonchev–Trinajstić information content (AvgIpc) is 3.24. The van der Waals surface area contributed by atoms with Crippen molar-refractivity contribution in [3.8, 4) is 34.6 Å². The minimum absolute atomic E-state index is 0. The fraction of sp³-hybridized carbons (Fsp3) is 0.696. The molecule has 60 heavy (non-hydrogen) atoms. The molecule has 0 atom stereocenters. The molecular weight excluding hydrogens is 896 g/mol. The van der Waals surface area contributed by atoms with Gasteiger partial charge in [0.1, 0.15) is 0 Å². The summed E-state index contributed by atoms with van der Waals surface area (Å²) in [7, 11) is 0.117. The molecule has 0 amide bonds. The molecule has 0 aliphatic heterocycles. The van der Waals surface area contributed by atoms with Crippen molar-refractivity contribution in [1.82, 2.24) is 9.97 Å². The van der Waals surface area contributed by atoms with Gasteiger partial charge in [-0.3, -0.25) is 0 Å². The first-order valence-corrected chi connectivity index (χ1v) is 25.6. The van der Waals surface area contributed by atoms with Crippen LogP contribution >= 0.6 is 15.8 Å². The molecule has 5 fully saturated rings. The van der Waals surface area contributed by atoms with Gasteiger partial charge in [-0.05, 0) is 136 Å². The van der Waals surface area contributed by atoms with Crippen molar-refractivity contribution in [2.24, 2.45) is 0 Å². The van der Waals surface area contributed by atoms with E-state index in [-0.39, 0.29) is 19.5 Å². The largest absolute Gasteiger partial charge is 0.673 e. The number of hydrogen-bond acceptors (Lipinski definition) is 6. The first kappa shape index (κ1) is 51.4. The van der Waals surface area contributed by atoms with Gasteiger partial charge in [0.15, 0.2) is 0 Å². The second kappa shape index (κ2) is 27.2. The smallest absolute Gasteiger partial charge is 0.481 e. The van der Waals surface area contributed by atoms with Gasteiger partial charge in [-0.1, -0.05) is 92.9 Å². The maximum atomic E-state index is 9.75. The van der Waals surface area contributed by atoms with E-state index in [1.165, 1.54) is 165 Å². The fourth-order valence-electron chi connectivity index (χ4n) is 10.0. The maximum absolute atomic E-state index is 9.75. The molecule has 5 radical (unpaired) electrons. The zero-order valence-electron chi connectivity index (χ0n) is 36.6. The van der Waals surface area contributed by atoms with Crippen LogP contribution < -0.4 is 29.6 Å². The Morgan fingerprint density at radius 3 is 0.917 bits per heavy atom. The van der Waals surface area contributed by atoms with Crippen molar-refractivity contribution in [3.63, 3.8) is 0 Å². The van der Waals surface area contributed by atoms with Crippen molar-refractivity contribution in [3.05, 3.63) is 37.8 Å². The minimum Gasteiger partial charge on any atom is -0.481 e. The SMILES string of the molecule is COc1cc(P(C2CCCCC2)C2CCCCC2)c(-c2c(P(C3CCCCC3)C3CCCCC3)cc(OC)nc2OC)c(OC)n1.F[B-](F)(F)F.[CH]1[CH]CC[CH][CH]CC1.[Rh]. The molecule has 5 aliphatic rings. The van der Waals surface area contributed by atoms with Crippen molar-refractivity contribution < 1.29 is 55.7 Å². The maximum Gasteiger partial charge on any atom is 0.673 e. The molecule has 2 aromatic heterocycles. The number of halogens is 4. The summed E-state index contributed by atoms with van der Waals surface area (Å²) in [5.74, 6) is 2.67. The molecule has 2 heterocycles. The third kappa shape index (κ3) is 15.5. The summed E-state index contributed by atoms with van der Waals surface area (Å²) < 4.78 is 63.5. The van der Waals surface area contributed by atoms with Gasteiger partial charge in [0.25, 0.3) is 0 Å². The molecular formula is C46H70BF4N2O4P2Rh-. The van der Waals surface area contributed by atoms with Gasteiger partial charge in [-0.2, -0.15) is 9.97 Å². The van der Waals surface area contributed by atoms with Crippen molar-refractivity contribution in [2.75, 3.05) is 28.4 Å². The summed E-state index contributed by atoms with van der Waals surface area (Å²) in [6.45, 7) is 0. The Labute approximate surface area is 375 Å². The zero-order chi connectivity index (χ0) is 42.0. The second-order valence-corrected chi connectivity index (χ2v) is 22.2. The summed E-state index contributed by atoms with van der Waals surface area (Å²) in [6.07, 6.45) is 40.9.